The number of Topliss-reactive ketones (excluding diaryl/α,β-unsaturated/α-hetero) is 1. The zero-order valence-electron chi connectivity index (χ0n) is 24.1. The van der Waals surface area contributed by atoms with E-state index in [9.17, 15) is 4.79 Å². The van der Waals surface area contributed by atoms with Crippen molar-refractivity contribution >= 4 is 22.6 Å². The molecule has 0 radical (unpaired) electrons. The third-order valence-corrected chi connectivity index (χ3v) is 9.07. The third-order valence-electron chi connectivity index (χ3n) is 9.07. The number of likely N-dealkylation sites (N-methyl/N-ethyl adjacent to an activating group) is 1. The van der Waals surface area contributed by atoms with Gasteiger partial charge in [0.05, 0.1) is 12.5 Å². The van der Waals surface area contributed by atoms with E-state index in [1.165, 1.54) is 25.9 Å². The maximum Gasteiger partial charge on any atom is 0.163 e. The van der Waals surface area contributed by atoms with Gasteiger partial charge in [-0.2, -0.15) is 0 Å². The Morgan fingerprint density at radius 1 is 0.976 bits per heavy atom. The topological polar surface area (TPSA) is 89.5 Å². The second-order valence-electron chi connectivity index (χ2n) is 11.5. The lowest BCUT2D eigenvalue weighted by Gasteiger charge is -2.41. The van der Waals surface area contributed by atoms with Crippen molar-refractivity contribution < 1.29 is 9.53 Å². The lowest BCUT2D eigenvalue weighted by Crippen LogP contribution is -2.49. The number of piperazine rings is 1. The average Bonchev–Trinajstić information content (AvgIpc) is 3.42. The van der Waals surface area contributed by atoms with Gasteiger partial charge >= 0.3 is 0 Å². The molecule has 0 atom stereocenters. The zero-order valence-corrected chi connectivity index (χ0v) is 24.1. The van der Waals surface area contributed by atoms with Crippen molar-refractivity contribution in [2.24, 2.45) is 0 Å². The quantitative estimate of drug-likeness (QED) is 0.299. The van der Waals surface area contributed by atoms with Crippen LogP contribution in [0.5, 0.6) is 5.75 Å². The minimum atomic E-state index is 0.132. The fourth-order valence-corrected chi connectivity index (χ4v) is 6.63. The summed E-state index contributed by atoms with van der Waals surface area (Å²) in [6.45, 7) is 4.66. The molecule has 4 aromatic rings. The minimum Gasteiger partial charge on any atom is -0.496 e. The number of methoxy groups -OCH3 is 1. The molecule has 3 heterocycles. The van der Waals surface area contributed by atoms with Crippen LogP contribution in [0.3, 0.4) is 0 Å². The number of hydrogen-bond donors (Lipinski definition) is 1. The highest BCUT2D eigenvalue weighted by molar-refractivity contribution is 6.01. The molecule has 0 bridgehead atoms. The molecule has 41 heavy (non-hydrogen) atoms. The molecule has 2 aliphatic rings. The van der Waals surface area contributed by atoms with E-state index in [2.05, 4.69) is 50.8 Å². The van der Waals surface area contributed by atoms with Gasteiger partial charge in [0, 0.05) is 62.0 Å². The molecule has 1 saturated heterocycles. The number of rotatable bonds is 8. The van der Waals surface area contributed by atoms with Crippen molar-refractivity contribution in [3.05, 3.63) is 72.2 Å². The molecular formula is C33H40N6O2. The number of fused-ring (bicyclic) bond motifs is 1. The first kappa shape index (κ1) is 27.4. The number of ether oxygens (including phenoxy) is 1. The van der Waals surface area contributed by atoms with Crippen LogP contribution in [0.25, 0.3) is 22.2 Å². The number of nitrogen functional groups attached to an aromatic ring is 1. The Morgan fingerprint density at radius 2 is 1.71 bits per heavy atom. The lowest BCUT2D eigenvalue weighted by atomic mass is 9.89. The Bertz CT molecular complexity index is 1500. The number of hydrogen-bond acceptors (Lipinski definition) is 7. The van der Waals surface area contributed by atoms with E-state index in [0.29, 0.717) is 30.7 Å². The van der Waals surface area contributed by atoms with E-state index in [-0.39, 0.29) is 5.78 Å². The van der Waals surface area contributed by atoms with Gasteiger partial charge in [0.1, 0.15) is 23.5 Å². The molecule has 1 aliphatic carbocycles. The summed E-state index contributed by atoms with van der Waals surface area (Å²) in [5.41, 5.74) is 11.1. The molecule has 8 heteroatoms. The monoisotopic (exact) mass is 552 g/mol. The first-order valence-corrected chi connectivity index (χ1v) is 14.8. The number of ketones is 1. The summed E-state index contributed by atoms with van der Waals surface area (Å²) >= 11 is 0. The standard InChI is InChI=1S/C33H40N6O2/c1-37-16-18-38(19-17-37)26-11-13-27(14-12-26)39-21-28(31-32(34)35-22-36-33(31)39)25-9-8-24(30(20-25)41-2)10-15-29(40)23-6-4-3-5-7-23/h3-9,20-22,26-27H,10-19H2,1-2H3,(H2,34,35,36). The van der Waals surface area contributed by atoms with Crippen molar-refractivity contribution in [1.29, 1.82) is 0 Å². The molecule has 2 N–H and O–H groups in total. The van der Waals surface area contributed by atoms with Crippen LogP contribution in [0.15, 0.2) is 61.1 Å². The Labute approximate surface area is 242 Å². The van der Waals surface area contributed by atoms with Gasteiger partial charge < -0.3 is 19.9 Å². The zero-order chi connectivity index (χ0) is 28.3. The Kier molecular flexibility index (Phi) is 8.03. The fraction of sp³-hybridized carbons (Fsp3) is 0.424. The summed E-state index contributed by atoms with van der Waals surface area (Å²) in [5.74, 6) is 1.39. The highest BCUT2D eigenvalue weighted by atomic mass is 16.5. The second kappa shape index (κ2) is 12.0. The van der Waals surface area contributed by atoms with Gasteiger partial charge in [0.15, 0.2) is 5.78 Å². The second-order valence-corrected chi connectivity index (χ2v) is 11.5. The summed E-state index contributed by atoms with van der Waals surface area (Å²) in [6, 6.07) is 16.7. The molecule has 1 saturated carbocycles. The predicted molar refractivity (Wildman–Crippen MR) is 163 cm³/mol. The van der Waals surface area contributed by atoms with Crippen LogP contribution in [-0.2, 0) is 6.42 Å². The van der Waals surface area contributed by atoms with Crippen LogP contribution in [0, 0.1) is 0 Å². The van der Waals surface area contributed by atoms with Gasteiger partial charge in [-0.1, -0.05) is 42.5 Å². The highest BCUT2D eigenvalue weighted by Gasteiger charge is 2.30. The Balaban J connectivity index is 1.23. The lowest BCUT2D eigenvalue weighted by molar-refractivity contribution is 0.0828. The van der Waals surface area contributed by atoms with Crippen LogP contribution in [-0.4, -0.2) is 76.5 Å². The van der Waals surface area contributed by atoms with Crippen molar-refractivity contribution in [2.45, 2.75) is 50.6 Å². The number of carbonyl (C=O) groups excluding carboxylic acids is 1. The van der Waals surface area contributed by atoms with E-state index < -0.39 is 0 Å². The third kappa shape index (κ3) is 5.72. The van der Waals surface area contributed by atoms with Crippen molar-refractivity contribution in [3.8, 4) is 16.9 Å². The van der Waals surface area contributed by atoms with Gasteiger partial charge in [-0.25, -0.2) is 9.97 Å². The number of benzene rings is 2. The van der Waals surface area contributed by atoms with Crippen LogP contribution in [0.2, 0.25) is 0 Å². The molecule has 0 spiro atoms. The molecule has 2 aromatic carbocycles. The molecular weight excluding hydrogens is 512 g/mol. The van der Waals surface area contributed by atoms with Crippen LogP contribution < -0.4 is 10.5 Å². The van der Waals surface area contributed by atoms with E-state index in [1.807, 2.05) is 30.3 Å². The largest absolute Gasteiger partial charge is 0.496 e. The maximum absolute atomic E-state index is 12.7. The number of nitrogens with two attached hydrogens (primary N) is 1. The summed E-state index contributed by atoms with van der Waals surface area (Å²) in [4.78, 5) is 26.9. The number of aromatic nitrogens is 3. The van der Waals surface area contributed by atoms with Crippen LogP contribution in [0.4, 0.5) is 5.82 Å². The van der Waals surface area contributed by atoms with Gasteiger partial charge in [-0.3, -0.25) is 9.69 Å². The van der Waals surface area contributed by atoms with Crippen molar-refractivity contribution in [3.63, 3.8) is 0 Å². The van der Waals surface area contributed by atoms with Crippen molar-refractivity contribution in [1.82, 2.24) is 24.3 Å². The molecule has 8 nitrogen and oxygen atoms in total. The smallest absolute Gasteiger partial charge is 0.163 e. The van der Waals surface area contributed by atoms with Gasteiger partial charge in [-0.05, 0) is 56.3 Å². The highest BCUT2D eigenvalue weighted by Crippen LogP contribution is 2.40. The molecule has 2 fully saturated rings. The normalized spacial score (nSPS) is 20.3. The summed E-state index contributed by atoms with van der Waals surface area (Å²) < 4.78 is 8.13. The summed E-state index contributed by atoms with van der Waals surface area (Å²) in [5, 5.41) is 0.891. The molecule has 0 amide bonds. The summed E-state index contributed by atoms with van der Waals surface area (Å²) in [7, 11) is 3.90. The first-order valence-electron chi connectivity index (χ1n) is 14.8. The summed E-state index contributed by atoms with van der Waals surface area (Å²) in [6.07, 6.45) is 9.48. The van der Waals surface area contributed by atoms with Crippen molar-refractivity contribution in [2.75, 3.05) is 46.1 Å². The Hall–Kier alpha value is -3.75. The molecule has 6 rings (SSSR count). The number of aryl methyl sites for hydroxylation is 1. The van der Waals surface area contributed by atoms with E-state index >= 15 is 0 Å². The first-order chi connectivity index (χ1) is 20.0. The van der Waals surface area contributed by atoms with E-state index in [0.717, 1.165) is 65.0 Å². The average molecular weight is 553 g/mol. The van der Waals surface area contributed by atoms with E-state index in [4.69, 9.17) is 15.5 Å². The van der Waals surface area contributed by atoms with Gasteiger partial charge in [0.2, 0.25) is 0 Å². The molecule has 214 valence electrons. The fourth-order valence-electron chi connectivity index (χ4n) is 6.63. The van der Waals surface area contributed by atoms with Crippen LogP contribution in [0.1, 0.15) is 54.1 Å². The molecule has 1 aliphatic heterocycles. The van der Waals surface area contributed by atoms with E-state index in [1.54, 1.807) is 13.4 Å². The SMILES string of the molecule is COc1cc(-c2cn(C3CCC(N4CCN(C)CC4)CC3)c3ncnc(N)c23)ccc1CCC(=O)c1ccccc1. The molecule has 2 aromatic heterocycles. The molecule has 0 unspecified atom stereocenters. The Morgan fingerprint density at radius 3 is 2.44 bits per heavy atom. The number of nitrogens with zero attached hydrogens (tertiary/aromatic N) is 5. The minimum absolute atomic E-state index is 0.132. The number of carbonyl (C=O) groups is 1. The van der Waals surface area contributed by atoms with Crippen LogP contribution >= 0.6 is 0 Å². The number of anilines is 1. The van der Waals surface area contributed by atoms with Gasteiger partial charge in [0.25, 0.3) is 0 Å². The maximum atomic E-state index is 12.7. The van der Waals surface area contributed by atoms with Gasteiger partial charge in [-0.15, -0.1) is 0 Å². The predicted octanol–water partition coefficient (Wildman–Crippen LogP) is 5.24.